The van der Waals surface area contributed by atoms with Crippen LogP contribution in [-0.2, 0) is 0 Å². The van der Waals surface area contributed by atoms with E-state index in [-0.39, 0.29) is 0 Å². The van der Waals surface area contributed by atoms with Gasteiger partial charge in [0.2, 0.25) is 0 Å². The average molecular weight is 173 g/mol. The summed E-state index contributed by atoms with van der Waals surface area (Å²) in [7, 11) is 0. The van der Waals surface area contributed by atoms with E-state index in [1.165, 1.54) is 5.56 Å². The zero-order valence-electron chi connectivity index (χ0n) is 7.72. The summed E-state index contributed by atoms with van der Waals surface area (Å²) >= 11 is 0. The highest BCUT2D eigenvalue weighted by molar-refractivity contribution is 5.99. The molecule has 66 valence electrons. The highest BCUT2D eigenvalue weighted by Gasteiger charge is 2.07. The first-order valence-electron chi connectivity index (χ1n) is 4.27. The number of H-pyrrole nitrogens is 1. The fourth-order valence-electron chi connectivity index (χ4n) is 1.67. The van der Waals surface area contributed by atoms with Gasteiger partial charge in [0.05, 0.1) is 0 Å². The van der Waals surface area contributed by atoms with Crippen molar-refractivity contribution in [3.05, 3.63) is 35.0 Å². The summed E-state index contributed by atoms with van der Waals surface area (Å²) in [6.07, 6.45) is 0.910. The molecular weight excluding hydrogens is 162 g/mol. The number of aldehydes is 1. The van der Waals surface area contributed by atoms with Crippen molar-refractivity contribution in [2.75, 3.05) is 0 Å². The van der Waals surface area contributed by atoms with Crippen LogP contribution in [0.25, 0.3) is 10.9 Å². The van der Waals surface area contributed by atoms with Crippen LogP contribution < -0.4 is 0 Å². The van der Waals surface area contributed by atoms with E-state index in [9.17, 15) is 4.79 Å². The first kappa shape index (κ1) is 8.05. The molecule has 2 heteroatoms. The fourth-order valence-corrected chi connectivity index (χ4v) is 1.67. The molecule has 13 heavy (non-hydrogen) atoms. The first-order valence-corrected chi connectivity index (χ1v) is 4.27. The van der Waals surface area contributed by atoms with Crippen molar-refractivity contribution in [3.8, 4) is 0 Å². The molecule has 0 aliphatic carbocycles. The Morgan fingerprint density at radius 2 is 2.08 bits per heavy atom. The lowest BCUT2D eigenvalue weighted by Crippen LogP contribution is -1.79. The average Bonchev–Trinajstić information content (AvgIpc) is 2.43. The van der Waals surface area contributed by atoms with E-state index >= 15 is 0 Å². The summed E-state index contributed by atoms with van der Waals surface area (Å²) in [5.41, 5.74) is 3.97. The number of aromatic nitrogens is 1. The molecule has 0 spiro atoms. The van der Waals surface area contributed by atoms with Gasteiger partial charge in [-0.1, -0.05) is 18.2 Å². The van der Waals surface area contributed by atoms with Gasteiger partial charge >= 0.3 is 0 Å². The van der Waals surface area contributed by atoms with Gasteiger partial charge in [-0.05, 0) is 19.4 Å². The minimum Gasteiger partial charge on any atom is -0.358 e. The Morgan fingerprint density at radius 3 is 2.77 bits per heavy atom. The first-order chi connectivity index (χ1) is 6.24. The van der Waals surface area contributed by atoms with Crippen molar-refractivity contribution in [1.82, 2.24) is 4.98 Å². The molecule has 0 fully saturated rings. The largest absolute Gasteiger partial charge is 0.358 e. The highest BCUT2D eigenvalue weighted by Crippen LogP contribution is 2.22. The molecule has 1 heterocycles. The van der Waals surface area contributed by atoms with E-state index in [1.807, 2.05) is 32.0 Å². The SMILES string of the molecule is Cc1[nH]c2c(C)cccc2c1C=O. The van der Waals surface area contributed by atoms with Gasteiger partial charge in [0, 0.05) is 22.2 Å². The van der Waals surface area contributed by atoms with Crippen LogP contribution in [0.2, 0.25) is 0 Å². The van der Waals surface area contributed by atoms with Crippen molar-refractivity contribution in [3.63, 3.8) is 0 Å². The number of aryl methyl sites for hydroxylation is 2. The number of aromatic amines is 1. The number of carbonyl (C=O) groups is 1. The Labute approximate surface area is 76.6 Å². The van der Waals surface area contributed by atoms with Crippen LogP contribution in [0, 0.1) is 13.8 Å². The van der Waals surface area contributed by atoms with Gasteiger partial charge < -0.3 is 4.98 Å². The molecule has 0 bridgehead atoms. The summed E-state index contributed by atoms with van der Waals surface area (Å²) in [6, 6.07) is 5.97. The summed E-state index contributed by atoms with van der Waals surface area (Å²) in [6.45, 7) is 3.95. The Morgan fingerprint density at radius 1 is 1.31 bits per heavy atom. The van der Waals surface area contributed by atoms with Gasteiger partial charge in [0.25, 0.3) is 0 Å². The van der Waals surface area contributed by atoms with E-state index in [2.05, 4.69) is 4.98 Å². The summed E-state index contributed by atoms with van der Waals surface area (Å²) < 4.78 is 0. The van der Waals surface area contributed by atoms with Gasteiger partial charge in [-0.25, -0.2) is 0 Å². The molecule has 0 atom stereocenters. The molecule has 2 rings (SSSR count). The lowest BCUT2D eigenvalue weighted by Gasteiger charge is -1.93. The van der Waals surface area contributed by atoms with Gasteiger partial charge in [-0.3, -0.25) is 4.79 Å². The third-order valence-electron chi connectivity index (χ3n) is 2.40. The van der Waals surface area contributed by atoms with Crippen LogP contribution in [0.5, 0.6) is 0 Å². The van der Waals surface area contributed by atoms with Crippen LogP contribution in [0.3, 0.4) is 0 Å². The maximum absolute atomic E-state index is 10.8. The fraction of sp³-hybridized carbons (Fsp3) is 0.182. The van der Waals surface area contributed by atoms with Gasteiger partial charge in [0.1, 0.15) is 0 Å². The van der Waals surface area contributed by atoms with Crippen LogP contribution in [0.15, 0.2) is 18.2 Å². The zero-order valence-corrected chi connectivity index (χ0v) is 7.72. The third kappa shape index (κ3) is 1.06. The maximum Gasteiger partial charge on any atom is 0.152 e. The molecule has 0 radical (unpaired) electrons. The van der Waals surface area contributed by atoms with Gasteiger partial charge in [-0.15, -0.1) is 0 Å². The van der Waals surface area contributed by atoms with Crippen molar-refractivity contribution in [2.45, 2.75) is 13.8 Å². The number of hydrogen-bond donors (Lipinski definition) is 1. The molecule has 2 nitrogen and oxygen atoms in total. The van der Waals surface area contributed by atoms with E-state index in [4.69, 9.17) is 0 Å². The van der Waals surface area contributed by atoms with E-state index in [1.54, 1.807) is 0 Å². The second kappa shape index (κ2) is 2.73. The van der Waals surface area contributed by atoms with Crippen LogP contribution >= 0.6 is 0 Å². The second-order valence-electron chi connectivity index (χ2n) is 3.28. The van der Waals surface area contributed by atoms with Crippen molar-refractivity contribution in [1.29, 1.82) is 0 Å². The Bertz CT molecular complexity index is 468. The summed E-state index contributed by atoms with van der Waals surface area (Å²) in [5, 5.41) is 1.02. The molecule has 0 unspecified atom stereocenters. The van der Waals surface area contributed by atoms with Crippen LogP contribution in [0.1, 0.15) is 21.6 Å². The topological polar surface area (TPSA) is 32.9 Å². The molecule has 1 aromatic carbocycles. The molecule has 1 aromatic heterocycles. The number of hydrogen-bond acceptors (Lipinski definition) is 1. The Balaban J connectivity index is 2.93. The summed E-state index contributed by atoms with van der Waals surface area (Å²) in [4.78, 5) is 14.0. The number of para-hydroxylation sites is 1. The predicted molar refractivity (Wildman–Crippen MR) is 53.2 cm³/mol. The number of fused-ring (bicyclic) bond motifs is 1. The normalized spacial score (nSPS) is 10.6. The number of carbonyl (C=O) groups excluding carboxylic acids is 1. The van der Waals surface area contributed by atoms with E-state index < -0.39 is 0 Å². The van der Waals surface area contributed by atoms with Crippen molar-refractivity contribution >= 4 is 17.2 Å². The van der Waals surface area contributed by atoms with Gasteiger partial charge in [0.15, 0.2) is 6.29 Å². The number of rotatable bonds is 1. The zero-order chi connectivity index (χ0) is 9.42. The lowest BCUT2D eigenvalue weighted by molar-refractivity contribution is 0.112. The smallest absolute Gasteiger partial charge is 0.152 e. The van der Waals surface area contributed by atoms with E-state index in [0.717, 1.165) is 28.4 Å². The Hall–Kier alpha value is -1.57. The minimum atomic E-state index is 0.777. The van der Waals surface area contributed by atoms with Crippen LogP contribution in [-0.4, -0.2) is 11.3 Å². The Kier molecular flexibility index (Phi) is 1.69. The highest BCUT2D eigenvalue weighted by atomic mass is 16.1. The second-order valence-corrected chi connectivity index (χ2v) is 3.28. The molecule has 0 saturated carbocycles. The molecule has 0 aliphatic rings. The number of nitrogens with one attached hydrogen (secondary N) is 1. The molecule has 2 aromatic rings. The molecular formula is C11H11NO. The summed E-state index contributed by atoms with van der Waals surface area (Å²) in [5.74, 6) is 0. The monoisotopic (exact) mass is 173 g/mol. The molecule has 0 saturated heterocycles. The molecule has 0 amide bonds. The van der Waals surface area contributed by atoms with Crippen molar-refractivity contribution in [2.24, 2.45) is 0 Å². The predicted octanol–water partition coefficient (Wildman–Crippen LogP) is 2.60. The van der Waals surface area contributed by atoms with Crippen molar-refractivity contribution < 1.29 is 4.79 Å². The molecule has 0 aliphatic heterocycles. The molecule has 1 N–H and O–H groups in total. The van der Waals surface area contributed by atoms with Gasteiger partial charge in [-0.2, -0.15) is 0 Å². The quantitative estimate of drug-likeness (QED) is 0.660. The standard InChI is InChI=1S/C11H11NO/c1-7-4-3-5-9-10(6-13)8(2)12-11(7)9/h3-6,12H,1-2H3. The third-order valence-corrected chi connectivity index (χ3v) is 2.40. The van der Waals surface area contributed by atoms with Crippen LogP contribution in [0.4, 0.5) is 0 Å². The minimum absolute atomic E-state index is 0.777. The van der Waals surface area contributed by atoms with E-state index in [0.29, 0.717) is 0 Å². The number of benzene rings is 1. The lowest BCUT2D eigenvalue weighted by atomic mass is 10.1. The maximum atomic E-state index is 10.8.